The Morgan fingerprint density at radius 2 is 1.85 bits per heavy atom. The third-order valence-electron chi connectivity index (χ3n) is 4.37. The molecule has 2 heterocycles. The topological polar surface area (TPSA) is 36.4 Å². The number of hydrogen-bond acceptors (Lipinski definition) is 4. The van der Waals surface area contributed by atoms with Crippen LogP contribution in [0, 0.1) is 0 Å². The van der Waals surface area contributed by atoms with Gasteiger partial charge in [0, 0.05) is 37.3 Å². The van der Waals surface area contributed by atoms with Crippen molar-refractivity contribution in [1.29, 1.82) is 0 Å². The average molecular weight is 416 g/mol. The highest BCUT2D eigenvalue weighted by Gasteiger charge is 2.31. The summed E-state index contributed by atoms with van der Waals surface area (Å²) in [5.41, 5.74) is -0.312. The summed E-state index contributed by atoms with van der Waals surface area (Å²) in [4.78, 5) is 21.2. The number of amides is 1. The zero-order chi connectivity index (χ0) is 19.6. The van der Waals surface area contributed by atoms with Crippen molar-refractivity contribution in [3.63, 3.8) is 0 Å². The quantitative estimate of drug-likeness (QED) is 0.694. The third kappa shape index (κ3) is 4.50. The Bertz CT molecular complexity index is 822. The molecular weight excluding hydrogens is 399 g/mol. The summed E-state index contributed by atoms with van der Waals surface area (Å²) in [6.45, 7) is 1.87. The smallest absolute Gasteiger partial charge is 0.353 e. The van der Waals surface area contributed by atoms with Gasteiger partial charge in [0.1, 0.15) is 5.82 Å². The van der Waals surface area contributed by atoms with Gasteiger partial charge in [0.2, 0.25) is 0 Å². The molecule has 0 atom stereocenters. The molecule has 9 heteroatoms. The largest absolute Gasteiger partial charge is 0.417 e. The van der Waals surface area contributed by atoms with Crippen molar-refractivity contribution in [3.8, 4) is 0 Å². The predicted octanol–water partition coefficient (Wildman–Crippen LogP) is 4.44. The van der Waals surface area contributed by atoms with Crippen molar-refractivity contribution >= 4 is 35.1 Å². The van der Waals surface area contributed by atoms with Crippen molar-refractivity contribution in [2.45, 2.75) is 11.1 Å². The predicted molar refractivity (Wildman–Crippen MR) is 101 cm³/mol. The maximum absolute atomic E-state index is 12.8. The number of carbonyl (C=O) groups excluding carboxylic acids is 1. The summed E-state index contributed by atoms with van der Waals surface area (Å²) in [6.07, 6.45) is -1.64. The maximum atomic E-state index is 12.8. The molecule has 0 bridgehead atoms. The number of carbonyl (C=O) groups is 1. The SMILES string of the molecule is CSc1ccc(Cl)c(C(=O)N2CCN(c3ccc(C(F)(F)F)cn3)CC2)c1. The van der Waals surface area contributed by atoms with Crippen LogP contribution in [0.5, 0.6) is 0 Å². The third-order valence-corrected chi connectivity index (χ3v) is 5.42. The van der Waals surface area contributed by atoms with E-state index in [0.29, 0.717) is 42.6 Å². The second-order valence-corrected chi connectivity index (χ2v) is 7.31. The lowest BCUT2D eigenvalue weighted by Crippen LogP contribution is -2.49. The summed E-state index contributed by atoms with van der Waals surface area (Å²) >= 11 is 7.70. The van der Waals surface area contributed by atoms with E-state index < -0.39 is 11.7 Å². The zero-order valence-corrected chi connectivity index (χ0v) is 16.0. The van der Waals surface area contributed by atoms with E-state index in [-0.39, 0.29) is 5.91 Å². The number of nitrogens with zero attached hydrogens (tertiary/aromatic N) is 3. The minimum atomic E-state index is -4.40. The normalized spacial score (nSPS) is 15.1. The van der Waals surface area contributed by atoms with Gasteiger partial charge in [0.15, 0.2) is 0 Å². The van der Waals surface area contributed by atoms with Crippen molar-refractivity contribution in [3.05, 3.63) is 52.7 Å². The molecule has 0 N–H and O–H groups in total. The average Bonchev–Trinajstić information content (AvgIpc) is 2.67. The Morgan fingerprint density at radius 3 is 2.41 bits per heavy atom. The van der Waals surface area contributed by atoms with Crippen molar-refractivity contribution < 1.29 is 18.0 Å². The van der Waals surface area contributed by atoms with Gasteiger partial charge in [-0.05, 0) is 36.6 Å². The molecule has 0 spiro atoms. The van der Waals surface area contributed by atoms with Crippen LogP contribution in [0.1, 0.15) is 15.9 Å². The van der Waals surface area contributed by atoms with Gasteiger partial charge in [-0.1, -0.05) is 11.6 Å². The van der Waals surface area contributed by atoms with E-state index in [9.17, 15) is 18.0 Å². The highest BCUT2D eigenvalue weighted by atomic mass is 35.5. The van der Waals surface area contributed by atoms with Gasteiger partial charge in [-0.2, -0.15) is 13.2 Å². The lowest BCUT2D eigenvalue weighted by molar-refractivity contribution is -0.137. The molecule has 0 radical (unpaired) electrons. The van der Waals surface area contributed by atoms with Gasteiger partial charge in [0.05, 0.1) is 16.1 Å². The Labute approximate surface area is 164 Å². The standard InChI is InChI=1S/C18H17ClF3N3OS/c1-27-13-3-4-15(19)14(10-13)17(26)25-8-6-24(7-9-25)16-5-2-12(11-23-16)18(20,21)22/h2-5,10-11H,6-9H2,1H3. The van der Waals surface area contributed by atoms with Crippen LogP contribution in [-0.2, 0) is 6.18 Å². The maximum Gasteiger partial charge on any atom is 0.417 e. The minimum Gasteiger partial charge on any atom is -0.353 e. The molecule has 4 nitrogen and oxygen atoms in total. The van der Waals surface area contributed by atoms with Crippen molar-refractivity contribution in [1.82, 2.24) is 9.88 Å². The Kier molecular flexibility index (Phi) is 5.86. The van der Waals surface area contributed by atoms with E-state index in [1.165, 1.54) is 17.8 Å². The summed E-state index contributed by atoms with van der Waals surface area (Å²) in [5.74, 6) is 0.327. The first kappa shape index (κ1) is 19.8. The number of anilines is 1. The molecule has 3 rings (SSSR count). The second-order valence-electron chi connectivity index (χ2n) is 6.03. The number of pyridine rings is 1. The zero-order valence-electron chi connectivity index (χ0n) is 14.5. The fraction of sp³-hybridized carbons (Fsp3) is 0.333. The molecule has 1 aliphatic rings. The molecule has 0 unspecified atom stereocenters. The van der Waals surface area contributed by atoms with Gasteiger partial charge in [-0.3, -0.25) is 4.79 Å². The van der Waals surface area contributed by atoms with E-state index in [4.69, 9.17) is 11.6 Å². The van der Waals surface area contributed by atoms with Crippen LogP contribution in [0.25, 0.3) is 0 Å². The van der Waals surface area contributed by atoms with Crippen LogP contribution < -0.4 is 4.90 Å². The molecule has 0 aliphatic carbocycles. The number of benzene rings is 1. The molecule has 1 aromatic heterocycles. The van der Waals surface area contributed by atoms with E-state index >= 15 is 0 Å². The summed E-state index contributed by atoms with van der Waals surface area (Å²) in [7, 11) is 0. The van der Waals surface area contributed by atoms with Crippen molar-refractivity contribution in [2.24, 2.45) is 0 Å². The van der Waals surface area contributed by atoms with E-state index in [1.54, 1.807) is 17.0 Å². The van der Waals surface area contributed by atoms with E-state index in [1.807, 2.05) is 17.2 Å². The first-order valence-electron chi connectivity index (χ1n) is 8.20. The van der Waals surface area contributed by atoms with Gasteiger partial charge < -0.3 is 9.80 Å². The summed E-state index contributed by atoms with van der Waals surface area (Å²) < 4.78 is 37.9. The second kappa shape index (κ2) is 7.98. The van der Waals surface area contributed by atoms with Gasteiger partial charge >= 0.3 is 6.18 Å². The molecule has 0 saturated carbocycles. The molecular formula is C18H17ClF3N3OS. The number of alkyl halides is 3. The molecule has 1 aromatic carbocycles. The molecule has 144 valence electrons. The minimum absolute atomic E-state index is 0.143. The fourth-order valence-corrected chi connectivity index (χ4v) is 3.48. The van der Waals surface area contributed by atoms with Crippen LogP contribution in [0.2, 0.25) is 5.02 Å². The Balaban J connectivity index is 1.66. The molecule has 1 fully saturated rings. The van der Waals surface area contributed by atoms with Crippen LogP contribution >= 0.6 is 23.4 Å². The van der Waals surface area contributed by atoms with Gasteiger partial charge in [-0.15, -0.1) is 11.8 Å². The Hall–Kier alpha value is -1.93. The van der Waals surface area contributed by atoms with Crippen LogP contribution in [-0.4, -0.2) is 48.2 Å². The highest BCUT2D eigenvalue weighted by molar-refractivity contribution is 7.98. The first-order chi connectivity index (χ1) is 12.8. The fourth-order valence-electron chi connectivity index (χ4n) is 2.85. The number of thioether (sulfide) groups is 1. The number of halogens is 4. The first-order valence-corrected chi connectivity index (χ1v) is 9.81. The molecule has 1 aliphatic heterocycles. The number of rotatable bonds is 3. The lowest BCUT2D eigenvalue weighted by Gasteiger charge is -2.35. The molecule has 1 amide bonds. The lowest BCUT2D eigenvalue weighted by atomic mass is 10.1. The number of piperazine rings is 1. The van der Waals surface area contributed by atoms with Crippen LogP contribution in [0.15, 0.2) is 41.4 Å². The van der Waals surface area contributed by atoms with E-state index in [0.717, 1.165) is 17.2 Å². The van der Waals surface area contributed by atoms with Crippen LogP contribution in [0.4, 0.5) is 19.0 Å². The monoisotopic (exact) mass is 415 g/mol. The Morgan fingerprint density at radius 1 is 1.15 bits per heavy atom. The molecule has 1 saturated heterocycles. The van der Waals surface area contributed by atoms with Crippen molar-refractivity contribution in [2.75, 3.05) is 37.3 Å². The van der Waals surface area contributed by atoms with Crippen LogP contribution in [0.3, 0.4) is 0 Å². The summed E-state index contributed by atoms with van der Waals surface area (Å²) in [6, 6.07) is 7.73. The van der Waals surface area contributed by atoms with Gasteiger partial charge in [0.25, 0.3) is 5.91 Å². The number of hydrogen-bond donors (Lipinski definition) is 0. The number of aromatic nitrogens is 1. The van der Waals surface area contributed by atoms with Gasteiger partial charge in [-0.25, -0.2) is 4.98 Å². The van der Waals surface area contributed by atoms with E-state index in [2.05, 4.69) is 4.98 Å². The molecule has 27 heavy (non-hydrogen) atoms. The molecule has 2 aromatic rings. The summed E-state index contributed by atoms with van der Waals surface area (Å²) in [5, 5.41) is 0.407. The highest BCUT2D eigenvalue weighted by Crippen LogP contribution is 2.30.